The first-order valence-electron chi connectivity index (χ1n) is 12.7. The van der Waals surface area contributed by atoms with Crippen molar-refractivity contribution in [2.24, 2.45) is 5.92 Å². The van der Waals surface area contributed by atoms with E-state index in [0.717, 1.165) is 28.8 Å². The molecule has 37 heavy (non-hydrogen) atoms. The molecule has 1 saturated carbocycles. The van der Waals surface area contributed by atoms with Gasteiger partial charge in [0.2, 0.25) is 5.82 Å². The Morgan fingerprint density at radius 1 is 0.973 bits per heavy atom. The Labute approximate surface area is 215 Å². The summed E-state index contributed by atoms with van der Waals surface area (Å²) in [6, 6.07) is 19.6. The molecule has 3 aromatic carbocycles. The lowest BCUT2D eigenvalue weighted by atomic mass is 9.95. The molecule has 1 atom stereocenters. The fourth-order valence-corrected chi connectivity index (χ4v) is 5.10. The molecule has 0 spiro atoms. The van der Waals surface area contributed by atoms with E-state index in [0.29, 0.717) is 23.5 Å². The van der Waals surface area contributed by atoms with Crippen LogP contribution in [0, 0.1) is 11.7 Å². The summed E-state index contributed by atoms with van der Waals surface area (Å²) in [5.74, 6) is 0.590. The number of halogens is 1. The lowest BCUT2D eigenvalue weighted by Crippen LogP contribution is -2.28. The summed E-state index contributed by atoms with van der Waals surface area (Å²) >= 11 is 0. The Morgan fingerprint density at radius 3 is 2.43 bits per heavy atom. The van der Waals surface area contributed by atoms with Crippen molar-refractivity contribution in [3.63, 3.8) is 0 Å². The average Bonchev–Trinajstić information content (AvgIpc) is 3.64. The Kier molecular flexibility index (Phi) is 7.39. The van der Waals surface area contributed by atoms with Crippen molar-refractivity contribution < 1.29 is 9.18 Å². The van der Waals surface area contributed by atoms with Gasteiger partial charge in [-0.2, -0.15) is 5.21 Å². The van der Waals surface area contributed by atoms with Gasteiger partial charge < -0.3 is 16.0 Å². The second-order valence-corrected chi connectivity index (χ2v) is 9.30. The summed E-state index contributed by atoms with van der Waals surface area (Å²) in [6.07, 6.45) is 5.90. The lowest BCUT2D eigenvalue weighted by molar-refractivity contribution is 0.262. The quantitative estimate of drug-likeness (QED) is 0.216. The maximum atomic E-state index is 14.1. The van der Waals surface area contributed by atoms with E-state index in [9.17, 15) is 9.18 Å². The first-order valence-corrected chi connectivity index (χ1v) is 12.7. The van der Waals surface area contributed by atoms with Crippen molar-refractivity contribution in [3.05, 3.63) is 72.5 Å². The van der Waals surface area contributed by atoms with E-state index in [-0.39, 0.29) is 5.69 Å². The maximum absolute atomic E-state index is 14.1. The zero-order chi connectivity index (χ0) is 25.6. The summed E-state index contributed by atoms with van der Waals surface area (Å²) in [5, 5.41) is 23.7. The van der Waals surface area contributed by atoms with Crippen molar-refractivity contribution in [3.8, 4) is 22.5 Å². The molecule has 190 valence electrons. The number of aromatic nitrogens is 4. The molecular weight excluding hydrogens is 469 g/mol. The fraction of sp³-hybridized carbons (Fsp3) is 0.286. The van der Waals surface area contributed by atoms with Gasteiger partial charge in [0.25, 0.3) is 0 Å². The van der Waals surface area contributed by atoms with E-state index in [2.05, 4.69) is 43.5 Å². The number of hydrogen-bond acceptors (Lipinski definition) is 5. The predicted octanol–water partition coefficient (Wildman–Crippen LogP) is 6.70. The van der Waals surface area contributed by atoms with E-state index in [1.54, 1.807) is 12.1 Å². The first kappa shape index (κ1) is 24.4. The van der Waals surface area contributed by atoms with E-state index in [1.807, 2.05) is 42.5 Å². The van der Waals surface area contributed by atoms with Crippen LogP contribution < -0.4 is 16.0 Å². The highest BCUT2D eigenvalue weighted by Crippen LogP contribution is 2.36. The predicted molar refractivity (Wildman–Crippen MR) is 144 cm³/mol. The Bertz CT molecular complexity index is 1350. The summed E-state index contributed by atoms with van der Waals surface area (Å²) in [6.45, 7) is 2.18. The highest BCUT2D eigenvalue weighted by atomic mass is 19.1. The number of carbonyl (C=O) groups is 1. The number of H-pyrrole nitrogens is 1. The number of carbonyl (C=O) groups excluding carboxylic acids is 1. The summed E-state index contributed by atoms with van der Waals surface area (Å²) in [4.78, 5) is 13.0. The van der Waals surface area contributed by atoms with Crippen LogP contribution in [0.25, 0.3) is 22.5 Å². The number of tetrazole rings is 1. The summed E-state index contributed by atoms with van der Waals surface area (Å²) in [5.41, 5.74) is 4.13. The van der Waals surface area contributed by atoms with E-state index in [1.165, 1.54) is 37.8 Å². The molecule has 1 heterocycles. The minimum Gasteiger partial charge on any atom is -0.380 e. The minimum absolute atomic E-state index is 0.116. The highest BCUT2D eigenvalue weighted by Gasteiger charge is 2.25. The third kappa shape index (κ3) is 5.61. The number of urea groups is 1. The molecule has 1 fully saturated rings. The van der Waals surface area contributed by atoms with Crippen LogP contribution in [0.15, 0.2) is 66.7 Å². The molecular formula is C28H30FN7O. The summed E-state index contributed by atoms with van der Waals surface area (Å²) < 4.78 is 14.1. The number of rotatable bonds is 8. The van der Waals surface area contributed by atoms with Crippen LogP contribution in [0.2, 0.25) is 0 Å². The van der Waals surface area contributed by atoms with Gasteiger partial charge in [-0.15, -0.1) is 10.2 Å². The van der Waals surface area contributed by atoms with E-state index >= 15 is 0 Å². The third-order valence-electron chi connectivity index (χ3n) is 6.96. The smallest absolute Gasteiger partial charge is 0.323 e. The zero-order valence-corrected chi connectivity index (χ0v) is 20.7. The van der Waals surface area contributed by atoms with Crippen molar-refractivity contribution >= 4 is 23.1 Å². The molecule has 8 nitrogen and oxygen atoms in total. The molecule has 0 aliphatic heterocycles. The molecule has 9 heteroatoms. The van der Waals surface area contributed by atoms with Gasteiger partial charge in [-0.3, -0.25) is 0 Å². The SMILES string of the molecule is CCC(Nc1ccc(-c2ccccc2-c2nn[nH]n2)cc1NC(=O)Nc1ccccc1F)C1CCCC1. The van der Waals surface area contributed by atoms with Gasteiger partial charge in [0.15, 0.2) is 0 Å². The van der Waals surface area contributed by atoms with Crippen molar-refractivity contribution in [1.29, 1.82) is 0 Å². The van der Waals surface area contributed by atoms with Gasteiger partial charge in [-0.1, -0.05) is 62.2 Å². The van der Waals surface area contributed by atoms with Crippen molar-refractivity contribution in [1.82, 2.24) is 20.6 Å². The molecule has 2 amide bonds. The first-order chi connectivity index (χ1) is 18.1. The standard InChI is InChI=1S/C28H30FN7O/c1-2-23(18-9-3-4-10-18)30-25-16-15-19(20-11-5-6-12-21(20)27-33-35-36-34-27)17-26(25)32-28(37)31-24-14-8-7-13-22(24)29/h5-8,11-18,23,30H,2-4,9-10H2,1H3,(H2,31,32,37)(H,33,34,35,36). The molecule has 0 saturated heterocycles. The van der Waals surface area contributed by atoms with E-state index in [4.69, 9.17) is 0 Å². The molecule has 1 unspecified atom stereocenters. The Balaban J connectivity index is 1.48. The molecule has 1 aliphatic carbocycles. The fourth-order valence-electron chi connectivity index (χ4n) is 5.10. The highest BCUT2D eigenvalue weighted by molar-refractivity contribution is 6.02. The molecule has 5 rings (SSSR count). The van der Waals surface area contributed by atoms with Crippen LogP contribution >= 0.6 is 0 Å². The van der Waals surface area contributed by atoms with Gasteiger partial charge in [0.05, 0.1) is 17.1 Å². The zero-order valence-electron chi connectivity index (χ0n) is 20.7. The molecule has 0 bridgehead atoms. The normalized spacial score (nSPS) is 14.3. The number of anilines is 3. The van der Waals surface area contributed by atoms with Crippen LogP contribution in [0.5, 0.6) is 0 Å². The third-order valence-corrected chi connectivity index (χ3v) is 6.96. The van der Waals surface area contributed by atoms with Crippen LogP contribution in [-0.2, 0) is 0 Å². The van der Waals surface area contributed by atoms with Gasteiger partial charge in [0.1, 0.15) is 5.82 Å². The number of nitrogens with one attached hydrogen (secondary N) is 4. The van der Waals surface area contributed by atoms with Crippen molar-refractivity contribution in [2.75, 3.05) is 16.0 Å². The second kappa shape index (κ2) is 11.2. The monoisotopic (exact) mass is 499 g/mol. The Hall–Kier alpha value is -4.27. The topological polar surface area (TPSA) is 108 Å². The van der Waals surface area contributed by atoms with Gasteiger partial charge >= 0.3 is 6.03 Å². The van der Waals surface area contributed by atoms with E-state index < -0.39 is 11.8 Å². The number of aromatic amines is 1. The number of para-hydroxylation sites is 1. The molecule has 4 aromatic rings. The molecule has 0 radical (unpaired) electrons. The van der Waals surface area contributed by atoms with Crippen molar-refractivity contribution in [2.45, 2.75) is 45.1 Å². The van der Waals surface area contributed by atoms with Crippen LogP contribution in [0.3, 0.4) is 0 Å². The number of hydrogen-bond donors (Lipinski definition) is 4. The minimum atomic E-state index is -0.523. The number of amides is 2. The molecule has 1 aromatic heterocycles. The van der Waals surface area contributed by atoms with Crippen LogP contribution in [-0.4, -0.2) is 32.7 Å². The summed E-state index contributed by atoms with van der Waals surface area (Å²) in [7, 11) is 0. The van der Waals surface area contributed by atoms with Gasteiger partial charge in [-0.05, 0) is 65.8 Å². The van der Waals surface area contributed by atoms with Gasteiger partial charge in [-0.25, -0.2) is 9.18 Å². The molecule has 4 N–H and O–H groups in total. The number of benzene rings is 3. The van der Waals surface area contributed by atoms with Crippen LogP contribution in [0.1, 0.15) is 39.0 Å². The largest absolute Gasteiger partial charge is 0.380 e. The maximum Gasteiger partial charge on any atom is 0.323 e. The molecule has 1 aliphatic rings. The Morgan fingerprint density at radius 2 is 1.70 bits per heavy atom. The average molecular weight is 500 g/mol. The van der Waals surface area contributed by atoms with Crippen LogP contribution in [0.4, 0.5) is 26.2 Å². The number of nitrogens with zero attached hydrogens (tertiary/aromatic N) is 3. The lowest BCUT2D eigenvalue weighted by Gasteiger charge is -2.26. The van der Waals surface area contributed by atoms with Gasteiger partial charge in [0, 0.05) is 11.6 Å². The second-order valence-electron chi connectivity index (χ2n) is 9.30.